The van der Waals surface area contributed by atoms with Crippen LogP contribution in [0.2, 0.25) is 0 Å². The van der Waals surface area contributed by atoms with E-state index in [1.165, 1.54) is 11.3 Å². The van der Waals surface area contributed by atoms with Crippen LogP contribution < -0.4 is 14.4 Å². The number of fused-ring (bicyclic) bond motifs is 5. The second-order valence-corrected chi connectivity index (χ2v) is 8.90. The average molecular weight is 409 g/mol. The molecule has 4 aromatic carbocycles. The maximum atomic E-state index is 6.97. The lowest BCUT2D eigenvalue weighted by Gasteiger charge is -2.45. The summed E-state index contributed by atoms with van der Waals surface area (Å²) >= 11 is 0. The van der Waals surface area contributed by atoms with Crippen molar-refractivity contribution in [1.82, 2.24) is 0 Å². The first-order valence-corrected chi connectivity index (χ1v) is 10.6. The summed E-state index contributed by atoms with van der Waals surface area (Å²) in [5.41, 5.74) is 2.27. The lowest BCUT2D eigenvalue weighted by molar-refractivity contribution is 0.0842. The second kappa shape index (κ2) is 6.01. The molecule has 0 saturated heterocycles. The summed E-state index contributed by atoms with van der Waals surface area (Å²) in [7, 11) is 3.82. The summed E-state index contributed by atoms with van der Waals surface area (Å²) in [6, 6.07) is 23.1. The zero-order valence-corrected chi connectivity index (χ0v) is 18.1. The summed E-state index contributed by atoms with van der Waals surface area (Å²) in [5, 5.41) is 4.26. The number of aliphatic imine (C=N–C) groups is 1. The van der Waals surface area contributed by atoms with Crippen molar-refractivity contribution >= 4 is 39.1 Å². The van der Waals surface area contributed by atoms with Crippen molar-refractivity contribution in [3.8, 4) is 11.5 Å². The Labute approximate surface area is 181 Å². The van der Waals surface area contributed by atoms with Crippen LogP contribution in [-0.4, -0.2) is 26.1 Å². The molecule has 0 radical (unpaired) electrons. The number of hydrogen-bond donors (Lipinski definition) is 0. The van der Waals surface area contributed by atoms with Crippen LogP contribution in [0.25, 0.3) is 21.5 Å². The van der Waals surface area contributed by atoms with Crippen molar-refractivity contribution in [2.24, 2.45) is 4.99 Å². The van der Waals surface area contributed by atoms with Gasteiger partial charge in [0.2, 0.25) is 5.72 Å². The van der Waals surface area contributed by atoms with Gasteiger partial charge in [-0.3, -0.25) is 4.99 Å². The molecular formula is C27H24N2O2. The number of likely N-dealkylation sites (N-methyl/N-ethyl adjacent to an activating group) is 1. The van der Waals surface area contributed by atoms with Crippen molar-refractivity contribution in [2.75, 3.05) is 19.1 Å². The Kier molecular flexibility index (Phi) is 3.54. The summed E-state index contributed by atoms with van der Waals surface area (Å²) in [5.74, 6) is 1.67. The van der Waals surface area contributed by atoms with Crippen molar-refractivity contribution in [3.05, 3.63) is 72.3 Å². The molecule has 1 unspecified atom stereocenters. The second-order valence-electron chi connectivity index (χ2n) is 8.90. The Morgan fingerprint density at radius 2 is 1.68 bits per heavy atom. The zero-order valence-electron chi connectivity index (χ0n) is 18.1. The molecule has 154 valence electrons. The largest absolute Gasteiger partial charge is 0.495 e. The van der Waals surface area contributed by atoms with Gasteiger partial charge in [-0.05, 0) is 49.1 Å². The lowest BCUT2D eigenvalue weighted by atomic mass is 9.77. The van der Waals surface area contributed by atoms with Crippen LogP contribution >= 0.6 is 0 Å². The third-order valence-electron chi connectivity index (χ3n) is 7.10. The van der Waals surface area contributed by atoms with Gasteiger partial charge in [-0.25, -0.2) is 0 Å². The predicted octanol–water partition coefficient (Wildman–Crippen LogP) is 6.22. The molecule has 0 saturated carbocycles. The van der Waals surface area contributed by atoms with Gasteiger partial charge in [0, 0.05) is 28.9 Å². The number of nitrogens with zero attached hydrogens (tertiary/aromatic N) is 2. The number of rotatable bonds is 1. The number of hydrogen-bond acceptors (Lipinski definition) is 4. The molecule has 2 aliphatic heterocycles. The highest BCUT2D eigenvalue weighted by Crippen LogP contribution is 2.55. The number of para-hydroxylation sites is 1. The Morgan fingerprint density at radius 1 is 0.903 bits per heavy atom. The van der Waals surface area contributed by atoms with E-state index in [4.69, 9.17) is 14.5 Å². The van der Waals surface area contributed by atoms with Gasteiger partial charge in [0.25, 0.3) is 0 Å². The molecule has 4 heteroatoms. The molecule has 1 spiro atoms. The topological polar surface area (TPSA) is 34.1 Å². The van der Waals surface area contributed by atoms with Gasteiger partial charge >= 0.3 is 0 Å². The van der Waals surface area contributed by atoms with Crippen LogP contribution in [-0.2, 0) is 5.41 Å². The SMILES string of the molecule is COc1c2ccccc2cc2c3c(ccc12)N=CC1(O3)N(C)c2ccccc2C1(C)C. The molecule has 0 aromatic heterocycles. The van der Waals surface area contributed by atoms with E-state index in [9.17, 15) is 0 Å². The molecule has 2 aliphatic rings. The minimum atomic E-state index is -0.711. The maximum Gasteiger partial charge on any atom is 0.228 e. The fraction of sp³-hybridized carbons (Fsp3) is 0.222. The van der Waals surface area contributed by atoms with E-state index in [-0.39, 0.29) is 5.41 Å². The molecule has 31 heavy (non-hydrogen) atoms. The Morgan fingerprint density at radius 3 is 2.48 bits per heavy atom. The van der Waals surface area contributed by atoms with Gasteiger partial charge in [0.15, 0.2) is 5.75 Å². The van der Waals surface area contributed by atoms with E-state index in [1.807, 2.05) is 24.4 Å². The normalized spacial score (nSPS) is 20.7. The average Bonchev–Trinajstić information content (AvgIpc) is 2.96. The lowest BCUT2D eigenvalue weighted by Crippen LogP contribution is -2.61. The molecule has 4 nitrogen and oxygen atoms in total. The Bertz CT molecular complexity index is 1410. The molecule has 0 amide bonds. The van der Waals surface area contributed by atoms with Crippen LogP contribution in [0.4, 0.5) is 11.4 Å². The molecule has 4 aromatic rings. The first-order chi connectivity index (χ1) is 15.0. The van der Waals surface area contributed by atoms with E-state index < -0.39 is 5.72 Å². The molecule has 1 atom stereocenters. The van der Waals surface area contributed by atoms with Gasteiger partial charge in [-0.1, -0.05) is 42.5 Å². The molecule has 0 N–H and O–H groups in total. The minimum absolute atomic E-state index is 0.289. The highest BCUT2D eigenvalue weighted by atomic mass is 16.5. The molecule has 0 bridgehead atoms. The van der Waals surface area contributed by atoms with Crippen molar-refractivity contribution in [2.45, 2.75) is 25.0 Å². The molecular weight excluding hydrogens is 384 g/mol. The van der Waals surface area contributed by atoms with Crippen LogP contribution in [0.15, 0.2) is 71.7 Å². The van der Waals surface area contributed by atoms with E-state index in [2.05, 4.69) is 74.3 Å². The van der Waals surface area contributed by atoms with Crippen LogP contribution in [0.3, 0.4) is 0 Å². The highest BCUT2D eigenvalue weighted by Gasteiger charge is 2.58. The third kappa shape index (κ3) is 2.17. The summed E-state index contributed by atoms with van der Waals surface area (Å²) in [6.45, 7) is 4.46. The standard InChI is InChI=1S/C27H24N2O2/c1-26(2)21-11-7-8-12-23(21)29(3)27(26)16-28-22-14-13-19-20(25(22)31-27)15-17-9-5-6-10-18(17)24(19)30-4/h5-16H,1-4H3. The summed E-state index contributed by atoms with van der Waals surface area (Å²) in [4.78, 5) is 7.12. The fourth-order valence-corrected chi connectivity index (χ4v) is 5.36. The maximum absolute atomic E-state index is 6.97. The van der Waals surface area contributed by atoms with Crippen LogP contribution in [0, 0.1) is 0 Å². The van der Waals surface area contributed by atoms with Gasteiger partial charge in [0.05, 0.1) is 18.7 Å². The molecule has 0 fully saturated rings. The fourth-order valence-electron chi connectivity index (χ4n) is 5.36. The van der Waals surface area contributed by atoms with Gasteiger partial charge < -0.3 is 14.4 Å². The first kappa shape index (κ1) is 18.3. The van der Waals surface area contributed by atoms with E-state index in [1.54, 1.807) is 7.11 Å². The highest BCUT2D eigenvalue weighted by molar-refractivity contribution is 6.09. The number of anilines is 1. The van der Waals surface area contributed by atoms with E-state index in [0.29, 0.717) is 0 Å². The van der Waals surface area contributed by atoms with Crippen LogP contribution in [0.1, 0.15) is 19.4 Å². The zero-order chi connectivity index (χ0) is 21.4. The smallest absolute Gasteiger partial charge is 0.228 e. The monoisotopic (exact) mass is 408 g/mol. The first-order valence-electron chi connectivity index (χ1n) is 10.6. The van der Waals surface area contributed by atoms with Crippen molar-refractivity contribution < 1.29 is 9.47 Å². The van der Waals surface area contributed by atoms with Gasteiger partial charge in [0.1, 0.15) is 11.4 Å². The molecule has 6 rings (SSSR count). The molecule has 0 aliphatic carbocycles. The van der Waals surface area contributed by atoms with Gasteiger partial charge in [-0.2, -0.15) is 0 Å². The summed E-state index contributed by atoms with van der Waals surface area (Å²) in [6.07, 6.45) is 1.97. The quantitative estimate of drug-likeness (QED) is 0.351. The molecule has 2 heterocycles. The van der Waals surface area contributed by atoms with E-state index >= 15 is 0 Å². The Balaban J connectivity index is 1.63. The number of ether oxygens (including phenoxy) is 2. The van der Waals surface area contributed by atoms with Crippen LogP contribution in [0.5, 0.6) is 11.5 Å². The number of benzene rings is 4. The van der Waals surface area contributed by atoms with E-state index in [0.717, 1.165) is 38.7 Å². The van der Waals surface area contributed by atoms with Gasteiger partial charge in [-0.15, -0.1) is 0 Å². The third-order valence-corrected chi connectivity index (χ3v) is 7.10. The van der Waals surface area contributed by atoms with Crippen molar-refractivity contribution in [3.63, 3.8) is 0 Å². The number of methoxy groups -OCH3 is 1. The Hall–Kier alpha value is -3.53. The van der Waals surface area contributed by atoms with Crippen molar-refractivity contribution in [1.29, 1.82) is 0 Å². The predicted molar refractivity (Wildman–Crippen MR) is 127 cm³/mol. The minimum Gasteiger partial charge on any atom is -0.495 e. The summed E-state index contributed by atoms with van der Waals surface area (Å²) < 4.78 is 12.8.